The lowest BCUT2D eigenvalue weighted by atomic mass is 9.89. The normalized spacial score (nSPS) is 22.6. The highest BCUT2D eigenvalue weighted by Gasteiger charge is 2.39. The number of rotatable bonds is 3. The van der Waals surface area contributed by atoms with Gasteiger partial charge in [0.2, 0.25) is 5.91 Å². The Morgan fingerprint density at radius 3 is 2.89 bits per heavy atom. The van der Waals surface area contributed by atoms with Crippen LogP contribution in [0.1, 0.15) is 18.9 Å². The fraction of sp³-hybridized carbons (Fsp3) is 0.500. The zero-order valence-electron chi connectivity index (χ0n) is 11.4. The van der Waals surface area contributed by atoms with Crippen LogP contribution in [-0.2, 0) is 11.3 Å². The van der Waals surface area contributed by atoms with Crippen molar-refractivity contribution in [3.05, 3.63) is 28.8 Å². The predicted octanol–water partition coefficient (Wildman–Crippen LogP) is 1.76. The van der Waals surface area contributed by atoms with Crippen LogP contribution in [0.2, 0.25) is 5.02 Å². The first-order valence-corrected chi connectivity index (χ1v) is 6.83. The third-order valence-corrected chi connectivity index (χ3v) is 4.22. The molecule has 1 heterocycles. The van der Waals surface area contributed by atoms with Crippen molar-refractivity contribution >= 4 is 23.2 Å². The lowest BCUT2D eigenvalue weighted by Crippen LogP contribution is -2.39. The molecule has 0 aromatic heterocycles. The van der Waals surface area contributed by atoms with Gasteiger partial charge in [-0.15, -0.1) is 0 Å². The first kappa shape index (κ1) is 14.2. The number of hydrogen-bond acceptors (Lipinski definition) is 3. The van der Waals surface area contributed by atoms with Gasteiger partial charge in [0.25, 0.3) is 0 Å². The first-order chi connectivity index (χ1) is 9.00. The molecule has 1 aromatic rings. The summed E-state index contributed by atoms with van der Waals surface area (Å²) in [5, 5.41) is 3.43. The molecule has 1 unspecified atom stereocenters. The third-order valence-electron chi connectivity index (χ3n) is 3.87. The molecule has 19 heavy (non-hydrogen) atoms. The summed E-state index contributed by atoms with van der Waals surface area (Å²) < 4.78 is 0. The molecule has 0 spiro atoms. The van der Waals surface area contributed by atoms with E-state index in [4.69, 9.17) is 17.3 Å². The van der Waals surface area contributed by atoms with Crippen molar-refractivity contribution in [3.63, 3.8) is 0 Å². The maximum atomic E-state index is 11.9. The summed E-state index contributed by atoms with van der Waals surface area (Å²) in [4.78, 5) is 14.1. The number of anilines is 1. The van der Waals surface area contributed by atoms with Crippen LogP contribution in [0.4, 0.5) is 5.69 Å². The van der Waals surface area contributed by atoms with E-state index in [2.05, 4.69) is 10.2 Å². The molecule has 5 heteroatoms. The molecule has 1 saturated heterocycles. The average molecular weight is 282 g/mol. The Bertz CT molecular complexity index is 492. The maximum absolute atomic E-state index is 11.9. The van der Waals surface area contributed by atoms with Gasteiger partial charge in [0.1, 0.15) is 0 Å². The predicted molar refractivity (Wildman–Crippen MR) is 78.3 cm³/mol. The van der Waals surface area contributed by atoms with Crippen LogP contribution in [0.15, 0.2) is 18.2 Å². The summed E-state index contributed by atoms with van der Waals surface area (Å²) in [5.41, 5.74) is 7.27. The van der Waals surface area contributed by atoms with Gasteiger partial charge < -0.3 is 16.0 Å². The van der Waals surface area contributed by atoms with Gasteiger partial charge in [-0.25, -0.2) is 0 Å². The Morgan fingerprint density at radius 1 is 1.58 bits per heavy atom. The highest BCUT2D eigenvalue weighted by molar-refractivity contribution is 6.31. The van der Waals surface area contributed by atoms with Crippen molar-refractivity contribution in [2.45, 2.75) is 19.9 Å². The van der Waals surface area contributed by atoms with E-state index in [0.29, 0.717) is 18.1 Å². The fourth-order valence-corrected chi connectivity index (χ4v) is 2.82. The topological polar surface area (TPSA) is 58.4 Å². The van der Waals surface area contributed by atoms with Crippen LogP contribution in [0, 0.1) is 5.41 Å². The standard InChI is InChI=1S/C14H20ClN3O/c1-14(13(19)17-2)5-6-18(9-14)11-4-3-10(8-16)12(15)7-11/h3-4,7H,5-6,8-9,16H2,1-2H3,(H,17,19). The number of nitrogens with two attached hydrogens (primary N) is 1. The summed E-state index contributed by atoms with van der Waals surface area (Å²) in [6.45, 7) is 4.02. The molecular weight excluding hydrogens is 262 g/mol. The number of hydrogen-bond donors (Lipinski definition) is 2. The minimum absolute atomic E-state index is 0.0969. The largest absolute Gasteiger partial charge is 0.370 e. The molecule has 104 valence electrons. The van der Waals surface area contributed by atoms with E-state index in [-0.39, 0.29) is 11.3 Å². The monoisotopic (exact) mass is 281 g/mol. The van der Waals surface area contributed by atoms with Gasteiger partial charge in [-0.2, -0.15) is 0 Å². The van der Waals surface area contributed by atoms with Crippen LogP contribution in [-0.4, -0.2) is 26.0 Å². The van der Waals surface area contributed by atoms with Gasteiger partial charge in [-0.3, -0.25) is 4.79 Å². The molecular formula is C14H20ClN3O. The van der Waals surface area contributed by atoms with Crippen LogP contribution in [0.5, 0.6) is 0 Å². The Labute approximate surface area is 118 Å². The van der Waals surface area contributed by atoms with Crippen molar-refractivity contribution < 1.29 is 4.79 Å². The van der Waals surface area contributed by atoms with Gasteiger partial charge in [0.05, 0.1) is 5.41 Å². The number of nitrogens with one attached hydrogen (secondary N) is 1. The van der Waals surface area contributed by atoms with Crippen LogP contribution in [0.3, 0.4) is 0 Å². The average Bonchev–Trinajstić information content (AvgIpc) is 2.81. The molecule has 1 fully saturated rings. The number of carbonyl (C=O) groups is 1. The first-order valence-electron chi connectivity index (χ1n) is 6.46. The molecule has 1 atom stereocenters. The van der Waals surface area contributed by atoms with Gasteiger partial charge in [-0.05, 0) is 31.0 Å². The summed E-state index contributed by atoms with van der Waals surface area (Å²) in [6, 6.07) is 5.90. The number of benzene rings is 1. The second kappa shape index (κ2) is 5.39. The van der Waals surface area contributed by atoms with Crippen molar-refractivity contribution in [1.82, 2.24) is 5.32 Å². The van der Waals surface area contributed by atoms with Crippen molar-refractivity contribution in [2.75, 3.05) is 25.0 Å². The lowest BCUT2D eigenvalue weighted by Gasteiger charge is -2.24. The molecule has 1 aliphatic rings. The number of amides is 1. The zero-order chi connectivity index (χ0) is 14.0. The maximum Gasteiger partial charge on any atom is 0.227 e. The number of carbonyl (C=O) groups excluding carboxylic acids is 1. The van der Waals surface area contributed by atoms with E-state index in [0.717, 1.165) is 24.2 Å². The number of nitrogens with zero attached hydrogens (tertiary/aromatic N) is 1. The van der Waals surface area contributed by atoms with Crippen molar-refractivity contribution in [3.8, 4) is 0 Å². The summed E-state index contributed by atoms with van der Waals surface area (Å²) in [7, 11) is 1.68. The summed E-state index contributed by atoms with van der Waals surface area (Å²) >= 11 is 6.18. The van der Waals surface area contributed by atoms with Crippen molar-refractivity contribution in [2.24, 2.45) is 11.1 Å². The Morgan fingerprint density at radius 2 is 2.32 bits per heavy atom. The number of halogens is 1. The van der Waals surface area contributed by atoms with Crippen LogP contribution >= 0.6 is 11.6 Å². The van der Waals surface area contributed by atoms with Gasteiger partial charge in [0.15, 0.2) is 0 Å². The van der Waals surface area contributed by atoms with E-state index >= 15 is 0 Å². The smallest absolute Gasteiger partial charge is 0.227 e. The Balaban J connectivity index is 2.17. The van der Waals surface area contributed by atoms with E-state index in [1.54, 1.807) is 7.05 Å². The molecule has 2 rings (SSSR count). The van der Waals surface area contributed by atoms with Gasteiger partial charge in [0, 0.05) is 37.4 Å². The highest BCUT2D eigenvalue weighted by Crippen LogP contribution is 2.34. The summed E-state index contributed by atoms with van der Waals surface area (Å²) in [6.07, 6.45) is 0.850. The second-order valence-corrected chi connectivity index (χ2v) is 5.70. The van der Waals surface area contributed by atoms with Crippen LogP contribution < -0.4 is 16.0 Å². The highest BCUT2D eigenvalue weighted by atomic mass is 35.5. The molecule has 3 N–H and O–H groups in total. The molecule has 1 amide bonds. The Hall–Kier alpha value is -1.26. The van der Waals surface area contributed by atoms with Gasteiger partial charge >= 0.3 is 0 Å². The second-order valence-electron chi connectivity index (χ2n) is 5.29. The fourth-order valence-electron chi connectivity index (χ4n) is 2.57. The molecule has 0 radical (unpaired) electrons. The molecule has 4 nitrogen and oxygen atoms in total. The van der Waals surface area contributed by atoms with E-state index in [1.807, 2.05) is 25.1 Å². The Kier molecular flexibility index (Phi) is 4.02. The lowest BCUT2D eigenvalue weighted by molar-refractivity contribution is -0.128. The molecule has 0 bridgehead atoms. The van der Waals surface area contributed by atoms with E-state index in [1.165, 1.54) is 0 Å². The minimum atomic E-state index is -0.326. The molecule has 0 aliphatic carbocycles. The van der Waals surface area contributed by atoms with Gasteiger partial charge in [-0.1, -0.05) is 17.7 Å². The van der Waals surface area contributed by atoms with Crippen molar-refractivity contribution in [1.29, 1.82) is 0 Å². The molecule has 1 aliphatic heterocycles. The van der Waals surface area contributed by atoms with Crippen LogP contribution in [0.25, 0.3) is 0 Å². The molecule has 0 saturated carbocycles. The zero-order valence-corrected chi connectivity index (χ0v) is 12.1. The SMILES string of the molecule is CNC(=O)C1(C)CCN(c2ccc(CN)c(Cl)c2)C1. The third kappa shape index (κ3) is 2.69. The minimum Gasteiger partial charge on any atom is -0.370 e. The quantitative estimate of drug-likeness (QED) is 0.888. The van der Waals surface area contributed by atoms with E-state index in [9.17, 15) is 4.79 Å². The molecule has 1 aromatic carbocycles. The summed E-state index contributed by atoms with van der Waals surface area (Å²) in [5.74, 6) is 0.0969. The van der Waals surface area contributed by atoms with E-state index < -0.39 is 0 Å².